The lowest BCUT2D eigenvalue weighted by atomic mass is 10.2. The highest BCUT2D eigenvalue weighted by Crippen LogP contribution is 2.18. The van der Waals surface area contributed by atoms with Gasteiger partial charge in [0.2, 0.25) is 0 Å². The van der Waals surface area contributed by atoms with Gasteiger partial charge in [0.1, 0.15) is 0 Å². The number of hydrogen-bond donors (Lipinski definition) is 0. The van der Waals surface area contributed by atoms with E-state index in [9.17, 15) is 0 Å². The second kappa shape index (κ2) is 12.2. The summed E-state index contributed by atoms with van der Waals surface area (Å²) in [6.45, 7) is 12.7. The number of nitrogens with zero attached hydrogens (tertiary/aromatic N) is 2. The van der Waals surface area contributed by atoms with Crippen molar-refractivity contribution in [2.75, 3.05) is 26.2 Å². The lowest BCUT2D eigenvalue weighted by Crippen LogP contribution is -2.38. The quantitative estimate of drug-likeness (QED) is 0.573. The third-order valence-electron chi connectivity index (χ3n) is 5.11. The Morgan fingerprint density at radius 1 is 0.963 bits per heavy atom. The van der Waals surface area contributed by atoms with Crippen LogP contribution in [0.2, 0.25) is 5.02 Å². The molecule has 0 amide bonds. The third-order valence-corrected chi connectivity index (χ3v) is 5.54. The maximum atomic E-state index is 5.71. The monoisotopic (exact) mass is 386 g/mol. The molecule has 0 saturated carbocycles. The number of likely N-dealkylation sites (tertiary alicyclic amines) is 1. The van der Waals surface area contributed by atoms with Crippen molar-refractivity contribution in [3.63, 3.8) is 0 Å². The molecule has 1 saturated heterocycles. The highest BCUT2D eigenvalue weighted by molar-refractivity contribution is 6.31. The van der Waals surface area contributed by atoms with E-state index < -0.39 is 0 Å². The summed E-state index contributed by atoms with van der Waals surface area (Å²) in [5, 5.41) is 0.840. The molecule has 1 unspecified atom stereocenters. The SMILES string of the molecule is CCCN(CCC)C1CCN(Cc2ccccc2)C1.Cc1ccccc1Cl. The molecule has 3 heteroatoms. The minimum atomic E-state index is 0.781. The maximum Gasteiger partial charge on any atom is 0.0435 e. The average Bonchev–Trinajstić information content (AvgIpc) is 3.14. The zero-order chi connectivity index (χ0) is 19.5. The Morgan fingerprint density at radius 3 is 2.15 bits per heavy atom. The largest absolute Gasteiger partial charge is 0.299 e. The second-order valence-electron chi connectivity index (χ2n) is 7.45. The Labute approximate surface area is 171 Å². The van der Waals surface area contributed by atoms with Crippen molar-refractivity contribution in [2.24, 2.45) is 0 Å². The summed E-state index contributed by atoms with van der Waals surface area (Å²) in [4.78, 5) is 5.31. The van der Waals surface area contributed by atoms with E-state index in [0.29, 0.717) is 0 Å². The van der Waals surface area contributed by atoms with Gasteiger partial charge in [-0.05, 0) is 56.5 Å². The summed E-state index contributed by atoms with van der Waals surface area (Å²) >= 11 is 5.71. The fourth-order valence-electron chi connectivity index (χ4n) is 3.70. The van der Waals surface area contributed by atoms with Gasteiger partial charge in [0.25, 0.3) is 0 Å². The van der Waals surface area contributed by atoms with Gasteiger partial charge in [-0.25, -0.2) is 0 Å². The standard InChI is InChI=1S/C17H28N2.C7H7Cl/c1-3-11-19(12-4-2)17-10-13-18(15-17)14-16-8-6-5-7-9-16;1-6-4-2-3-5-7(6)8/h5-9,17H,3-4,10-15H2,1-2H3;2-5H,1H3. The molecule has 3 rings (SSSR count). The molecule has 1 aliphatic rings. The zero-order valence-corrected chi connectivity index (χ0v) is 18.0. The van der Waals surface area contributed by atoms with Crippen LogP contribution < -0.4 is 0 Å². The van der Waals surface area contributed by atoms with Crippen LogP contribution in [0.4, 0.5) is 0 Å². The smallest absolute Gasteiger partial charge is 0.0435 e. The average molecular weight is 387 g/mol. The van der Waals surface area contributed by atoms with E-state index >= 15 is 0 Å². The van der Waals surface area contributed by atoms with Gasteiger partial charge in [0.15, 0.2) is 0 Å². The van der Waals surface area contributed by atoms with E-state index in [4.69, 9.17) is 11.6 Å². The number of hydrogen-bond acceptors (Lipinski definition) is 2. The molecule has 2 nitrogen and oxygen atoms in total. The lowest BCUT2D eigenvalue weighted by molar-refractivity contribution is 0.191. The van der Waals surface area contributed by atoms with Crippen molar-refractivity contribution in [3.05, 3.63) is 70.7 Å². The topological polar surface area (TPSA) is 6.48 Å². The summed E-state index contributed by atoms with van der Waals surface area (Å²) in [5.74, 6) is 0. The predicted molar refractivity (Wildman–Crippen MR) is 118 cm³/mol. The molecule has 0 radical (unpaired) electrons. The van der Waals surface area contributed by atoms with Crippen LogP contribution in [-0.4, -0.2) is 42.0 Å². The van der Waals surface area contributed by atoms with Crippen LogP contribution in [0.1, 0.15) is 44.2 Å². The summed E-state index contributed by atoms with van der Waals surface area (Å²) in [6, 6.07) is 19.4. The van der Waals surface area contributed by atoms with Crippen LogP contribution in [0.25, 0.3) is 0 Å². The van der Waals surface area contributed by atoms with Gasteiger partial charge in [-0.15, -0.1) is 0 Å². The van der Waals surface area contributed by atoms with Crippen LogP contribution in [-0.2, 0) is 6.54 Å². The van der Waals surface area contributed by atoms with E-state index in [1.54, 1.807) is 0 Å². The molecule has 1 heterocycles. The first-order chi connectivity index (χ1) is 13.1. The molecule has 2 aromatic carbocycles. The summed E-state index contributed by atoms with van der Waals surface area (Å²) in [7, 11) is 0. The first-order valence-electron chi connectivity index (χ1n) is 10.4. The maximum absolute atomic E-state index is 5.71. The molecular weight excluding hydrogens is 352 g/mol. The number of rotatable bonds is 7. The van der Waals surface area contributed by atoms with E-state index in [0.717, 1.165) is 23.2 Å². The van der Waals surface area contributed by atoms with Gasteiger partial charge in [-0.1, -0.05) is 74.0 Å². The Bertz CT molecular complexity index is 617. The van der Waals surface area contributed by atoms with E-state index in [1.165, 1.54) is 51.0 Å². The van der Waals surface area contributed by atoms with Crippen molar-refractivity contribution in [3.8, 4) is 0 Å². The van der Waals surface area contributed by atoms with Gasteiger partial charge in [0.05, 0.1) is 0 Å². The van der Waals surface area contributed by atoms with Crippen LogP contribution in [0, 0.1) is 6.92 Å². The van der Waals surface area contributed by atoms with E-state index in [-0.39, 0.29) is 0 Å². The van der Waals surface area contributed by atoms with Crippen molar-refractivity contribution in [2.45, 2.75) is 52.6 Å². The summed E-state index contributed by atoms with van der Waals surface area (Å²) < 4.78 is 0. The molecule has 0 spiro atoms. The van der Waals surface area contributed by atoms with Crippen LogP contribution >= 0.6 is 11.6 Å². The molecule has 148 valence electrons. The molecule has 2 aromatic rings. The number of aryl methyl sites for hydroxylation is 1. The van der Waals surface area contributed by atoms with Gasteiger partial charge >= 0.3 is 0 Å². The first-order valence-corrected chi connectivity index (χ1v) is 10.7. The third kappa shape index (κ3) is 7.65. The molecule has 0 bridgehead atoms. The summed E-state index contributed by atoms with van der Waals surface area (Å²) in [6.07, 6.45) is 3.89. The minimum Gasteiger partial charge on any atom is -0.299 e. The van der Waals surface area contributed by atoms with Gasteiger partial charge in [-0.2, -0.15) is 0 Å². The predicted octanol–water partition coefficient (Wildman–Crippen LogP) is 6.03. The Hall–Kier alpha value is -1.35. The normalized spacial score (nSPS) is 17.0. The Balaban J connectivity index is 0.000000273. The number of halogens is 1. The first kappa shape index (κ1) is 21.9. The zero-order valence-electron chi connectivity index (χ0n) is 17.2. The van der Waals surface area contributed by atoms with E-state index in [1.807, 2.05) is 31.2 Å². The molecule has 1 atom stereocenters. The summed E-state index contributed by atoms with van der Waals surface area (Å²) in [5.41, 5.74) is 2.58. The molecule has 27 heavy (non-hydrogen) atoms. The van der Waals surface area contributed by atoms with Crippen molar-refractivity contribution < 1.29 is 0 Å². The number of benzene rings is 2. The second-order valence-corrected chi connectivity index (χ2v) is 7.86. The van der Waals surface area contributed by atoms with Crippen molar-refractivity contribution in [1.29, 1.82) is 0 Å². The fraction of sp³-hybridized carbons (Fsp3) is 0.500. The molecule has 0 aliphatic carbocycles. The van der Waals surface area contributed by atoms with Gasteiger partial charge < -0.3 is 0 Å². The van der Waals surface area contributed by atoms with Crippen molar-refractivity contribution in [1.82, 2.24) is 9.80 Å². The van der Waals surface area contributed by atoms with Crippen LogP contribution in [0.3, 0.4) is 0 Å². The van der Waals surface area contributed by atoms with Crippen molar-refractivity contribution >= 4 is 11.6 Å². The molecule has 0 N–H and O–H groups in total. The van der Waals surface area contributed by atoms with E-state index in [2.05, 4.69) is 54.0 Å². The Morgan fingerprint density at radius 2 is 1.59 bits per heavy atom. The van der Waals surface area contributed by atoms with Gasteiger partial charge in [-0.3, -0.25) is 9.80 Å². The molecule has 0 aromatic heterocycles. The molecule has 1 fully saturated rings. The minimum absolute atomic E-state index is 0.781. The van der Waals surface area contributed by atoms with Crippen LogP contribution in [0.5, 0.6) is 0 Å². The lowest BCUT2D eigenvalue weighted by Gasteiger charge is -2.28. The molecular formula is C24H35ClN2. The highest BCUT2D eigenvalue weighted by Gasteiger charge is 2.26. The molecule has 1 aliphatic heterocycles. The highest BCUT2D eigenvalue weighted by atomic mass is 35.5. The fourth-order valence-corrected chi connectivity index (χ4v) is 3.83. The Kier molecular flexibility index (Phi) is 9.90. The van der Waals surface area contributed by atoms with Gasteiger partial charge in [0, 0.05) is 30.7 Å². The van der Waals surface area contributed by atoms with Crippen LogP contribution in [0.15, 0.2) is 54.6 Å².